The summed E-state index contributed by atoms with van der Waals surface area (Å²) in [5, 5.41) is 0.701. The predicted molar refractivity (Wildman–Crippen MR) is 79.5 cm³/mol. The molecule has 0 spiro atoms. The van der Waals surface area contributed by atoms with Gasteiger partial charge in [0.05, 0.1) is 13.2 Å². The fourth-order valence-electron chi connectivity index (χ4n) is 1.92. The molecule has 0 heterocycles. The Labute approximate surface area is 120 Å². The van der Waals surface area contributed by atoms with Crippen molar-refractivity contribution in [2.45, 2.75) is 19.5 Å². The topological polar surface area (TPSA) is 47.7 Å². The van der Waals surface area contributed by atoms with Crippen LogP contribution in [-0.2, 0) is 16.0 Å². The number of hydrogen-bond acceptors (Lipinski definition) is 4. The number of nitrogens with two attached hydrogens (primary N) is 1. The summed E-state index contributed by atoms with van der Waals surface area (Å²) >= 11 is 6.22. The van der Waals surface area contributed by atoms with Gasteiger partial charge in [-0.15, -0.1) is 0 Å². The van der Waals surface area contributed by atoms with Gasteiger partial charge in [0.2, 0.25) is 0 Å². The van der Waals surface area contributed by atoms with Crippen molar-refractivity contribution in [3.05, 3.63) is 28.8 Å². The first-order valence-electron chi connectivity index (χ1n) is 6.34. The molecule has 0 aliphatic heterocycles. The molecule has 0 aliphatic carbocycles. The lowest BCUT2D eigenvalue weighted by Crippen LogP contribution is -2.38. The molecule has 0 saturated carbocycles. The Morgan fingerprint density at radius 3 is 2.63 bits per heavy atom. The maximum atomic E-state index is 6.22. The fourth-order valence-corrected chi connectivity index (χ4v) is 2.17. The van der Waals surface area contributed by atoms with E-state index in [-0.39, 0.29) is 0 Å². The lowest BCUT2D eigenvalue weighted by atomic mass is 10.1. The Morgan fingerprint density at radius 2 is 2.05 bits per heavy atom. The average Bonchev–Trinajstić information content (AvgIpc) is 2.37. The molecular weight excluding hydrogens is 264 g/mol. The molecule has 0 radical (unpaired) electrons. The molecule has 4 nitrogen and oxygen atoms in total. The summed E-state index contributed by atoms with van der Waals surface area (Å²) in [6.07, 6.45) is 0. The maximum absolute atomic E-state index is 6.22. The molecule has 5 heteroatoms. The van der Waals surface area contributed by atoms with Crippen molar-refractivity contribution >= 4 is 17.3 Å². The molecule has 1 atom stereocenters. The third-order valence-corrected chi connectivity index (χ3v) is 3.42. The fraction of sp³-hybridized carbons (Fsp3) is 0.571. The van der Waals surface area contributed by atoms with Crippen LogP contribution in [0.15, 0.2) is 18.2 Å². The van der Waals surface area contributed by atoms with Gasteiger partial charge in [-0.1, -0.05) is 17.7 Å². The molecule has 19 heavy (non-hydrogen) atoms. The third-order valence-electron chi connectivity index (χ3n) is 3.06. The second kappa shape index (κ2) is 8.38. The lowest BCUT2D eigenvalue weighted by Gasteiger charge is -2.28. The van der Waals surface area contributed by atoms with Gasteiger partial charge in [-0.25, -0.2) is 0 Å². The normalized spacial score (nSPS) is 12.9. The van der Waals surface area contributed by atoms with E-state index in [0.29, 0.717) is 30.0 Å². The summed E-state index contributed by atoms with van der Waals surface area (Å²) in [4.78, 5) is 2.28. The number of methoxy groups -OCH3 is 2. The molecule has 0 aromatic heterocycles. The van der Waals surface area contributed by atoms with Crippen LogP contribution < -0.4 is 5.73 Å². The van der Waals surface area contributed by atoms with Crippen LogP contribution in [0.25, 0.3) is 0 Å². The zero-order chi connectivity index (χ0) is 14.3. The number of anilines is 1. The molecule has 1 aromatic carbocycles. The van der Waals surface area contributed by atoms with Gasteiger partial charge in [-0.3, -0.25) is 4.90 Å². The molecular formula is C14H23ClN2O2. The van der Waals surface area contributed by atoms with Crippen LogP contribution in [0.1, 0.15) is 12.5 Å². The highest BCUT2D eigenvalue weighted by Crippen LogP contribution is 2.21. The van der Waals surface area contributed by atoms with Gasteiger partial charge in [0.1, 0.15) is 0 Å². The molecule has 1 aromatic rings. The summed E-state index contributed by atoms with van der Waals surface area (Å²) in [7, 11) is 3.41. The summed E-state index contributed by atoms with van der Waals surface area (Å²) in [6, 6.07) is 5.92. The van der Waals surface area contributed by atoms with Crippen LogP contribution in [0, 0.1) is 0 Å². The van der Waals surface area contributed by atoms with Gasteiger partial charge < -0.3 is 15.2 Å². The Morgan fingerprint density at radius 1 is 1.32 bits per heavy atom. The number of nitrogen functional groups attached to an aromatic ring is 1. The monoisotopic (exact) mass is 286 g/mol. The van der Waals surface area contributed by atoms with Crippen LogP contribution in [0.5, 0.6) is 0 Å². The zero-order valence-electron chi connectivity index (χ0n) is 11.9. The molecule has 0 bridgehead atoms. The van der Waals surface area contributed by atoms with E-state index in [4.69, 9.17) is 26.8 Å². The van der Waals surface area contributed by atoms with E-state index in [1.807, 2.05) is 12.1 Å². The third kappa shape index (κ3) is 5.37. The van der Waals surface area contributed by atoms with Crippen molar-refractivity contribution in [3.8, 4) is 0 Å². The van der Waals surface area contributed by atoms with Gasteiger partial charge in [0, 0.05) is 44.1 Å². The highest BCUT2D eigenvalue weighted by atomic mass is 35.5. The Balaban J connectivity index is 2.74. The van der Waals surface area contributed by atoms with Crippen LogP contribution >= 0.6 is 11.6 Å². The highest BCUT2D eigenvalue weighted by molar-refractivity contribution is 6.31. The number of hydrogen-bond donors (Lipinski definition) is 1. The zero-order valence-corrected chi connectivity index (χ0v) is 12.6. The number of benzene rings is 1. The van der Waals surface area contributed by atoms with Crippen molar-refractivity contribution in [1.82, 2.24) is 4.90 Å². The molecule has 1 rings (SSSR count). The van der Waals surface area contributed by atoms with E-state index >= 15 is 0 Å². The molecule has 1 unspecified atom stereocenters. The standard InChI is InChI=1S/C14H23ClN2O2/c1-11(10-19-3)17(6-7-18-2)9-12-4-5-13(16)8-14(12)15/h4-5,8,11H,6-7,9-10,16H2,1-3H3. The number of nitrogens with zero attached hydrogens (tertiary/aromatic N) is 1. The number of ether oxygens (including phenoxy) is 2. The van der Waals surface area contributed by atoms with Crippen molar-refractivity contribution in [1.29, 1.82) is 0 Å². The summed E-state index contributed by atoms with van der Waals surface area (Å²) in [5.74, 6) is 0. The van der Waals surface area contributed by atoms with Crippen LogP contribution in [0.2, 0.25) is 5.02 Å². The Kier molecular flexibility index (Phi) is 7.16. The van der Waals surface area contributed by atoms with Crippen molar-refractivity contribution in [2.24, 2.45) is 0 Å². The molecule has 108 valence electrons. The van der Waals surface area contributed by atoms with E-state index in [9.17, 15) is 0 Å². The van der Waals surface area contributed by atoms with Gasteiger partial charge in [0.15, 0.2) is 0 Å². The van der Waals surface area contributed by atoms with Crippen molar-refractivity contribution in [3.63, 3.8) is 0 Å². The molecule has 0 amide bonds. The highest BCUT2D eigenvalue weighted by Gasteiger charge is 2.15. The minimum absolute atomic E-state index is 0.300. The summed E-state index contributed by atoms with van der Waals surface area (Å²) < 4.78 is 10.4. The van der Waals surface area contributed by atoms with Gasteiger partial charge in [0.25, 0.3) is 0 Å². The second-order valence-corrected chi connectivity index (χ2v) is 5.03. The quantitative estimate of drug-likeness (QED) is 0.746. The van der Waals surface area contributed by atoms with E-state index < -0.39 is 0 Å². The Bertz CT molecular complexity index is 388. The smallest absolute Gasteiger partial charge is 0.0615 e. The molecule has 0 saturated heterocycles. The van der Waals surface area contributed by atoms with Crippen molar-refractivity contribution in [2.75, 3.05) is 39.7 Å². The van der Waals surface area contributed by atoms with Crippen molar-refractivity contribution < 1.29 is 9.47 Å². The minimum atomic E-state index is 0.300. The van der Waals surface area contributed by atoms with Crippen LogP contribution in [-0.4, -0.2) is 44.9 Å². The molecule has 2 N–H and O–H groups in total. The molecule has 0 aliphatic rings. The summed E-state index contributed by atoms with van der Waals surface area (Å²) in [5.41, 5.74) is 7.46. The van der Waals surface area contributed by atoms with E-state index in [0.717, 1.165) is 18.7 Å². The van der Waals surface area contributed by atoms with Crippen LogP contribution in [0.3, 0.4) is 0 Å². The van der Waals surface area contributed by atoms with E-state index in [2.05, 4.69) is 11.8 Å². The Hall–Kier alpha value is -0.810. The van der Waals surface area contributed by atoms with Gasteiger partial charge >= 0.3 is 0 Å². The number of halogens is 1. The van der Waals surface area contributed by atoms with E-state index in [1.165, 1.54) is 0 Å². The van der Waals surface area contributed by atoms with Gasteiger partial charge in [-0.05, 0) is 24.6 Å². The largest absolute Gasteiger partial charge is 0.399 e. The summed E-state index contributed by atoms with van der Waals surface area (Å²) in [6.45, 7) is 5.08. The van der Waals surface area contributed by atoms with Crippen LogP contribution in [0.4, 0.5) is 5.69 Å². The minimum Gasteiger partial charge on any atom is -0.399 e. The first-order chi connectivity index (χ1) is 9.08. The van der Waals surface area contributed by atoms with E-state index in [1.54, 1.807) is 20.3 Å². The second-order valence-electron chi connectivity index (χ2n) is 4.62. The predicted octanol–water partition coefficient (Wildman–Crippen LogP) is 2.41. The lowest BCUT2D eigenvalue weighted by molar-refractivity contribution is 0.0705. The SMILES string of the molecule is COCCN(Cc1ccc(N)cc1Cl)C(C)COC. The number of rotatable bonds is 8. The average molecular weight is 287 g/mol. The first-order valence-corrected chi connectivity index (χ1v) is 6.72. The maximum Gasteiger partial charge on any atom is 0.0615 e. The molecule has 0 fully saturated rings. The first kappa shape index (κ1) is 16.2. The van der Waals surface area contributed by atoms with Gasteiger partial charge in [-0.2, -0.15) is 0 Å².